The molecule has 0 unspecified atom stereocenters. The number of unbranched alkanes of at least 4 members (excludes halogenated alkanes) is 8. The number of nitrogens with one attached hydrogen (secondary N) is 1. The monoisotopic (exact) mass is 303 g/mol. The molecule has 0 spiro atoms. The van der Waals surface area contributed by atoms with Crippen molar-refractivity contribution in [3.8, 4) is 0 Å². The highest BCUT2D eigenvalue weighted by atomic mass is 35.5. The van der Waals surface area contributed by atoms with Gasteiger partial charge in [-0.25, -0.2) is 0 Å². The second-order valence-electron chi connectivity index (χ2n) is 5.80. The van der Waals surface area contributed by atoms with E-state index in [1.54, 1.807) is 0 Å². The predicted molar refractivity (Wildman–Crippen MR) is 89.4 cm³/mol. The minimum Gasteiger partial charge on any atom is -0.352 e. The molecule has 1 N–H and O–H groups in total. The summed E-state index contributed by atoms with van der Waals surface area (Å²) in [7, 11) is 0. The zero-order valence-electron chi connectivity index (χ0n) is 13.6. The van der Waals surface area contributed by atoms with Gasteiger partial charge in [-0.15, -0.1) is 11.6 Å². The maximum absolute atomic E-state index is 11.4. The van der Waals surface area contributed by atoms with Crippen LogP contribution >= 0.6 is 11.6 Å². The largest absolute Gasteiger partial charge is 0.352 e. The SMILES string of the molecule is CCCCCCCC(CCCCCCC)NC(=O)CCl. The summed E-state index contributed by atoms with van der Waals surface area (Å²) in [6, 6.07) is 0.338. The first-order valence-electron chi connectivity index (χ1n) is 8.59. The average Bonchev–Trinajstić information content (AvgIpc) is 2.46. The fourth-order valence-corrected chi connectivity index (χ4v) is 2.62. The number of carbonyl (C=O) groups is 1. The first-order valence-corrected chi connectivity index (χ1v) is 9.13. The molecule has 0 saturated carbocycles. The fourth-order valence-electron chi connectivity index (χ4n) is 2.54. The van der Waals surface area contributed by atoms with Gasteiger partial charge in [0.25, 0.3) is 0 Å². The van der Waals surface area contributed by atoms with E-state index in [0.717, 1.165) is 12.8 Å². The molecule has 0 radical (unpaired) electrons. The van der Waals surface area contributed by atoms with Gasteiger partial charge in [0.2, 0.25) is 5.91 Å². The zero-order valence-corrected chi connectivity index (χ0v) is 14.3. The molecule has 2 nitrogen and oxygen atoms in total. The Morgan fingerprint density at radius 2 is 1.30 bits per heavy atom. The number of alkyl halides is 1. The van der Waals surface area contributed by atoms with Crippen molar-refractivity contribution >= 4 is 17.5 Å². The first-order chi connectivity index (χ1) is 9.74. The molecule has 120 valence electrons. The highest BCUT2D eigenvalue weighted by Crippen LogP contribution is 2.13. The molecule has 0 aromatic carbocycles. The normalized spacial score (nSPS) is 11.0. The van der Waals surface area contributed by atoms with Gasteiger partial charge in [-0.3, -0.25) is 4.79 Å². The quantitative estimate of drug-likeness (QED) is 0.336. The first kappa shape index (κ1) is 19.8. The Morgan fingerprint density at radius 3 is 1.70 bits per heavy atom. The summed E-state index contributed by atoms with van der Waals surface area (Å²) < 4.78 is 0. The van der Waals surface area contributed by atoms with E-state index in [2.05, 4.69) is 19.2 Å². The van der Waals surface area contributed by atoms with Crippen molar-refractivity contribution < 1.29 is 4.79 Å². The molecule has 0 bridgehead atoms. The van der Waals surface area contributed by atoms with Crippen molar-refractivity contribution in [1.82, 2.24) is 5.32 Å². The summed E-state index contributed by atoms with van der Waals surface area (Å²) in [6.45, 7) is 4.47. The van der Waals surface area contributed by atoms with Gasteiger partial charge in [0.1, 0.15) is 5.88 Å². The van der Waals surface area contributed by atoms with Crippen molar-refractivity contribution in [2.24, 2.45) is 0 Å². The van der Waals surface area contributed by atoms with Crippen molar-refractivity contribution in [2.45, 2.75) is 96.9 Å². The molecule has 0 aromatic rings. The zero-order chi connectivity index (χ0) is 15.1. The van der Waals surface area contributed by atoms with Gasteiger partial charge in [0.05, 0.1) is 0 Å². The van der Waals surface area contributed by atoms with E-state index in [1.165, 1.54) is 64.2 Å². The third kappa shape index (κ3) is 12.8. The number of halogens is 1. The Balaban J connectivity index is 3.79. The maximum Gasteiger partial charge on any atom is 0.235 e. The summed E-state index contributed by atoms with van der Waals surface area (Å²) >= 11 is 5.59. The maximum atomic E-state index is 11.4. The van der Waals surface area contributed by atoms with Crippen LogP contribution in [0.15, 0.2) is 0 Å². The molecule has 0 aliphatic heterocycles. The molecule has 0 rings (SSSR count). The topological polar surface area (TPSA) is 29.1 Å². The van der Waals surface area contributed by atoms with Gasteiger partial charge >= 0.3 is 0 Å². The van der Waals surface area contributed by atoms with Crippen molar-refractivity contribution in [3.63, 3.8) is 0 Å². The van der Waals surface area contributed by atoms with Crippen molar-refractivity contribution in [1.29, 1.82) is 0 Å². The van der Waals surface area contributed by atoms with Gasteiger partial charge in [-0.05, 0) is 12.8 Å². The van der Waals surface area contributed by atoms with Gasteiger partial charge < -0.3 is 5.32 Å². The van der Waals surface area contributed by atoms with Crippen LogP contribution in [-0.4, -0.2) is 17.8 Å². The Labute approximate surface area is 131 Å². The van der Waals surface area contributed by atoms with Crippen LogP contribution in [-0.2, 0) is 4.79 Å². The van der Waals surface area contributed by atoms with Crippen LogP contribution in [0.4, 0.5) is 0 Å². The van der Waals surface area contributed by atoms with E-state index in [9.17, 15) is 4.79 Å². The van der Waals surface area contributed by atoms with E-state index >= 15 is 0 Å². The molecule has 0 saturated heterocycles. The van der Waals surface area contributed by atoms with Crippen LogP contribution in [0.1, 0.15) is 90.9 Å². The Morgan fingerprint density at radius 1 is 0.850 bits per heavy atom. The average molecular weight is 304 g/mol. The highest BCUT2D eigenvalue weighted by Gasteiger charge is 2.11. The van der Waals surface area contributed by atoms with E-state index in [1.807, 2.05) is 0 Å². The lowest BCUT2D eigenvalue weighted by Gasteiger charge is -2.18. The molecule has 0 aliphatic rings. The van der Waals surface area contributed by atoms with Crippen molar-refractivity contribution in [2.75, 3.05) is 5.88 Å². The van der Waals surface area contributed by atoms with Gasteiger partial charge in [0.15, 0.2) is 0 Å². The summed E-state index contributed by atoms with van der Waals surface area (Å²) in [5.41, 5.74) is 0. The summed E-state index contributed by atoms with van der Waals surface area (Å²) in [4.78, 5) is 11.4. The van der Waals surface area contributed by atoms with Crippen LogP contribution in [0.5, 0.6) is 0 Å². The standard InChI is InChI=1S/C17H34ClNO/c1-3-5-7-9-11-13-16(19-17(20)15-18)14-12-10-8-6-4-2/h16H,3-15H2,1-2H3,(H,19,20). The van der Waals surface area contributed by atoms with Crippen LogP contribution in [0.2, 0.25) is 0 Å². The highest BCUT2D eigenvalue weighted by molar-refractivity contribution is 6.27. The number of hydrogen-bond donors (Lipinski definition) is 1. The van der Waals surface area contributed by atoms with Crippen LogP contribution in [0, 0.1) is 0 Å². The lowest BCUT2D eigenvalue weighted by Crippen LogP contribution is -2.35. The molecule has 3 heteroatoms. The van der Waals surface area contributed by atoms with E-state index in [0.29, 0.717) is 6.04 Å². The summed E-state index contributed by atoms with van der Waals surface area (Å²) in [6.07, 6.45) is 15.1. The molecule has 0 aliphatic carbocycles. The Kier molecular flexibility index (Phi) is 15.0. The van der Waals surface area contributed by atoms with Crippen LogP contribution < -0.4 is 5.32 Å². The molecule has 20 heavy (non-hydrogen) atoms. The molecule has 0 atom stereocenters. The minimum atomic E-state index is -0.0150. The molecule has 1 amide bonds. The molecule has 0 fully saturated rings. The lowest BCUT2D eigenvalue weighted by atomic mass is 10.0. The molecular weight excluding hydrogens is 270 g/mol. The smallest absolute Gasteiger partial charge is 0.235 e. The second-order valence-corrected chi connectivity index (χ2v) is 6.07. The fraction of sp³-hybridized carbons (Fsp3) is 0.941. The third-order valence-corrected chi connectivity index (χ3v) is 4.04. The number of amides is 1. The molecule has 0 heterocycles. The molecule has 0 aromatic heterocycles. The molecular formula is C17H34ClNO. The lowest BCUT2D eigenvalue weighted by molar-refractivity contribution is -0.119. The van der Waals surface area contributed by atoms with Gasteiger partial charge in [0, 0.05) is 6.04 Å². The number of hydrogen-bond acceptors (Lipinski definition) is 1. The predicted octanol–water partition coefficient (Wildman–Crippen LogP) is 5.43. The minimum absolute atomic E-state index is 0.0150. The third-order valence-electron chi connectivity index (χ3n) is 3.80. The van der Waals surface area contributed by atoms with Gasteiger partial charge in [-0.2, -0.15) is 0 Å². The Hall–Kier alpha value is -0.240. The van der Waals surface area contributed by atoms with E-state index in [4.69, 9.17) is 11.6 Å². The van der Waals surface area contributed by atoms with Crippen LogP contribution in [0.25, 0.3) is 0 Å². The summed E-state index contributed by atoms with van der Waals surface area (Å²) in [5.74, 6) is 0.0705. The van der Waals surface area contributed by atoms with Gasteiger partial charge in [-0.1, -0.05) is 78.1 Å². The second kappa shape index (κ2) is 15.2. The van der Waals surface area contributed by atoms with Crippen LogP contribution in [0.3, 0.4) is 0 Å². The summed E-state index contributed by atoms with van der Waals surface area (Å²) in [5, 5.41) is 3.08. The number of carbonyl (C=O) groups excluding carboxylic acids is 1. The van der Waals surface area contributed by atoms with E-state index < -0.39 is 0 Å². The number of rotatable bonds is 14. The van der Waals surface area contributed by atoms with E-state index in [-0.39, 0.29) is 11.8 Å². The Bertz CT molecular complexity index is 207. The van der Waals surface area contributed by atoms with Crippen molar-refractivity contribution in [3.05, 3.63) is 0 Å².